The average molecular weight is 733 g/mol. The van der Waals surface area contributed by atoms with Crippen molar-refractivity contribution in [1.82, 2.24) is 19.5 Å². The fraction of sp³-hybridized carbons (Fsp3) is 0. The van der Waals surface area contributed by atoms with Gasteiger partial charge in [0.05, 0.1) is 11.0 Å². The normalized spacial score (nSPS) is 11.8. The van der Waals surface area contributed by atoms with E-state index in [1.807, 2.05) is 36.4 Å². The highest BCUT2D eigenvalue weighted by Crippen LogP contribution is 2.48. The lowest BCUT2D eigenvalue weighted by Gasteiger charge is -2.20. The molecular formula is C51H32N4O2. The molecule has 57 heavy (non-hydrogen) atoms. The van der Waals surface area contributed by atoms with Crippen molar-refractivity contribution in [2.75, 3.05) is 0 Å². The third kappa shape index (κ3) is 5.88. The first-order valence-corrected chi connectivity index (χ1v) is 18.9. The lowest BCUT2D eigenvalue weighted by molar-refractivity contribution is 0.360. The summed E-state index contributed by atoms with van der Waals surface area (Å²) in [7, 11) is 0. The molecule has 8 aromatic carbocycles. The van der Waals surface area contributed by atoms with Crippen LogP contribution >= 0.6 is 0 Å². The van der Waals surface area contributed by atoms with Gasteiger partial charge in [-0.2, -0.15) is 0 Å². The Morgan fingerprint density at radius 1 is 0.298 bits per heavy atom. The highest BCUT2D eigenvalue weighted by atomic mass is 16.6. The number of hydrogen-bond donors (Lipinski definition) is 0. The molecule has 0 unspecified atom stereocenters. The Bertz CT molecular complexity index is 2990. The molecule has 3 heterocycles. The molecule has 0 atom stereocenters. The number of benzene rings is 8. The Morgan fingerprint density at radius 2 is 0.702 bits per heavy atom. The molecule has 0 saturated carbocycles. The lowest BCUT2D eigenvalue weighted by atomic mass is 10.0. The van der Waals surface area contributed by atoms with Crippen LogP contribution in [0.15, 0.2) is 194 Å². The molecule has 6 nitrogen and oxygen atoms in total. The van der Waals surface area contributed by atoms with E-state index >= 15 is 0 Å². The van der Waals surface area contributed by atoms with Crippen LogP contribution in [0.3, 0.4) is 0 Å². The molecule has 0 spiro atoms. The molecule has 0 N–H and O–H groups in total. The molecule has 6 heteroatoms. The van der Waals surface area contributed by atoms with E-state index in [9.17, 15) is 0 Å². The van der Waals surface area contributed by atoms with Gasteiger partial charge in [0, 0.05) is 39.2 Å². The fourth-order valence-corrected chi connectivity index (χ4v) is 7.68. The summed E-state index contributed by atoms with van der Waals surface area (Å²) in [6, 6.07) is 66.3. The SMILES string of the molecule is c1ccc(-c2ccc(-c3nc(-c4ccc(-c5ccccc5)cc4)nc(-c4ccc(-n5c6ccccc6c6cc7c(cc65)Oc5ccccc5O7)cc4)n3)cc2)cc1. The van der Waals surface area contributed by atoms with E-state index in [1.54, 1.807) is 0 Å². The fourth-order valence-electron chi connectivity index (χ4n) is 7.68. The number of nitrogens with zero attached hydrogens (tertiary/aromatic N) is 4. The van der Waals surface area contributed by atoms with E-state index in [-0.39, 0.29) is 0 Å². The summed E-state index contributed by atoms with van der Waals surface area (Å²) in [5, 5.41) is 2.21. The summed E-state index contributed by atoms with van der Waals surface area (Å²) in [6.45, 7) is 0. The van der Waals surface area contributed by atoms with Crippen molar-refractivity contribution in [3.05, 3.63) is 194 Å². The number of rotatable bonds is 6. The van der Waals surface area contributed by atoms with Gasteiger partial charge in [-0.15, -0.1) is 0 Å². The van der Waals surface area contributed by atoms with Crippen LogP contribution in [0.2, 0.25) is 0 Å². The molecule has 11 rings (SSSR count). The van der Waals surface area contributed by atoms with Crippen molar-refractivity contribution in [3.8, 4) is 85.1 Å². The second kappa shape index (κ2) is 13.5. The quantitative estimate of drug-likeness (QED) is 0.170. The van der Waals surface area contributed by atoms with Crippen molar-refractivity contribution in [3.63, 3.8) is 0 Å². The summed E-state index contributed by atoms with van der Waals surface area (Å²) in [6.07, 6.45) is 0. The predicted molar refractivity (Wildman–Crippen MR) is 228 cm³/mol. The van der Waals surface area contributed by atoms with Gasteiger partial charge in [0.25, 0.3) is 0 Å². The Morgan fingerprint density at radius 3 is 1.23 bits per heavy atom. The Kier molecular flexibility index (Phi) is 7.71. The monoisotopic (exact) mass is 732 g/mol. The molecule has 0 fully saturated rings. The van der Waals surface area contributed by atoms with Gasteiger partial charge in [-0.1, -0.05) is 140 Å². The number of para-hydroxylation sites is 3. The van der Waals surface area contributed by atoms with Crippen LogP contribution in [0, 0.1) is 0 Å². The maximum absolute atomic E-state index is 6.34. The molecule has 1 aliphatic rings. The topological polar surface area (TPSA) is 62.1 Å². The highest BCUT2D eigenvalue weighted by Gasteiger charge is 2.23. The first kappa shape index (κ1) is 32.6. The zero-order chi connectivity index (χ0) is 37.7. The lowest BCUT2D eigenvalue weighted by Crippen LogP contribution is -2.01. The minimum absolute atomic E-state index is 0.598. The van der Waals surface area contributed by atoms with E-state index in [2.05, 4.69) is 162 Å². The van der Waals surface area contributed by atoms with E-state index in [0.29, 0.717) is 40.5 Å². The summed E-state index contributed by atoms with van der Waals surface area (Å²) < 4.78 is 14.9. The molecule has 1 aliphatic heterocycles. The van der Waals surface area contributed by atoms with Gasteiger partial charge in [-0.3, -0.25) is 0 Å². The van der Waals surface area contributed by atoms with Crippen LogP contribution in [0.4, 0.5) is 0 Å². The molecule has 10 aromatic rings. The molecule has 0 aliphatic carbocycles. The standard InChI is InChI=1S/C51H32N4O2/c1-3-11-33(12-4-1)35-19-23-37(24-20-35)49-52-50(38-25-21-36(22-26-38)34-13-5-2-6-14-34)54-51(53-49)39-27-29-40(30-28-39)55-43-16-8-7-15-41(43)42-31-47-48(32-44(42)55)57-46-18-10-9-17-45(46)56-47/h1-32H. The van der Waals surface area contributed by atoms with Gasteiger partial charge < -0.3 is 14.0 Å². The van der Waals surface area contributed by atoms with Gasteiger partial charge >= 0.3 is 0 Å². The zero-order valence-corrected chi connectivity index (χ0v) is 30.6. The van der Waals surface area contributed by atoms with E-state index in [4.69, 9.17) is 24.4 Å². The maximum atomic E-state index is 6.34. The summed E-state index contributed by atoms with van der Waals surface area (Å²) in [4.78, 5) is 15.2. The average Bonchev–Trinajstić information content (AvgIpc) is 3.61. The van der Waals surface area contributed by atoms with Gasteiger partial charge in [0.15, 0.2) is 40.5 Å². The smallest absolute Gasteiger partial charge is 0.172 e. The van der Waals surface area contributed by atoms with Gasteiger partial charge in [0.2, 0.25) is 0 Å². The van der Waals surface area contributed by atoms with E-state index in [0.717, 1.165) is 66.4 Å². The molecule has 0 saturated heterocycles. The van der Waals surface area contributed by atoms with E-state index < -0.39 is 0 Å². The van der Waals surface area contributed by atoms with Crippen LogP contribution in [-0.2, 0) is 0 Å². The summed E-state index contributed by atoms with van der Waals surface area (Å²) in [5.41, 5.74) is 10.4. The number of fused-ring (bicyclic) bond motifs is 5. The van der Waals surface area contributed by atoms with Crippen LogP contribution in [0.5, 0.6) is 23.0 Å². The Balaban J connectivity index is 1.000. The van der Waals surface area contributed by atoms with Gasteiger partial charge in [0.1, 0.15) is 0 Å². The highest BCUT2D eigenvalue weighted by molar-refractivity contribution is 6.10. The first-order valence-electron chi connectivity index (χ1n) is 18.9. The van der Waals surface area contributed by atoms with Crippen LogP contribution in [-0.4, -0.2) is 19.5 Å². The third-order valence-electron chi connectivity index (χ3n) is 10.5. The Labute approximate surface area is 328 Å². The molecule has 268 valence electrons. The van der Waals surface area contributed by atoms with Gasteiger partial charge in [-0.25, -0.2) is 15.0 Å². The van der Waals surface area contributed by atoms with Crippen LogP contribution < -0.4 is 9.47 Å². The second-order valence-electron chi connectivity index (χ2n) is 14.1. The minimum atomic E-state index is 0.598. The summed E-state index contributed by atoms with van der Waals surface area (Å²) in [5.74, 6) is 4.62. The number of ether oxygens (including phenoxy) is 2. The van der Waals surface area contributed by atoms with E-state index in [1.165, 1.54) is 0 Å². The first-order chi connectivity index (χ1) is 28.2. The third-order valence-corrected chi connectivity index (χ3v) is 10.5. The maximum Gasteiger partial charge on any atom is 0.172 e. The van der Waals surface area contributed by atoms with Crippen molar-refractivity contribution in [2.45, 2.75) is 0 Å². The molecule has 2 aromatic heterocycles. The Hall–Kier alpha value is -7.83. The van der Waals surface area contributed by atoms with Crippen molar-refractivity contribution >= 4 is 21.8 Å². The minimum Gasteiger partial charge on any atom is -0.449 e. The van der Waals surface area contributed by atoms with Crippen molar-refractivity contribution in [2.24, 2.45) is 0 Å². The predicted octanol–water partition coefficient (Wildman–Crippen LogP) is 13.2. The van der Waals surface area contributed by atoms with Crippen molar-refractivity contribution < 1.29 is 9.47 Å². The number of hydrogen-bond acceptors (Lipinski definition) is 5. The molecule has 0 amide bonds. The van der Waals surface area contributed by atoms with Gasteiger partial charge in [-0.05, 0) is 70.8 Å². The van der Waals surface area contributed by atoms with Crippen molar-refractivity contribution in [1.29, 1.82) is 0 Å². The largest absolute Gasteiger partial charge is 0.449 e. The molecular weight excluding hydrogens is 701 g/mol. The molecule has 0 bridgehead atoms. The summed E-state index contributed by atoms with van der Waals surface area (Å²) >= 11 is 0. The molecule has 0 radical (unpaired) electrons. The van der Waals surface area contributed by atoms with Crippen LogP contribution in [0.25, 0.3) is 83.9 Å². The second-order valence-corrected chi connectivity index (χ2v) is 14.1. The zero-order valence-electron chi connectivity index (χ0n) is 30.6. The van der Waals surface area contributed by atoms with Crippen LogP contribution in [0.1, 0.15) is 0 Å². The number of aromatic nitrogens is 4.